The predicted octanol–water partition coefficient (Wildman–Crippen LogP) is 26.0. The first kappa shape index (κ1) is 84.8. The van der Waals surface area contributed by atoms with Crippen LogP contribution in [0, 0.1) is 0 Å². The molecule has 0 aromatic carbocycles. The molecular formula is C81H153NO5. The molecule has 0 aliphatic rings. The number of esters is 1. The Morgan fingerprint density at radius 2 is 0.575 bits per heavy atom. The normalized spacial score (nSPS) is 12.7. The van der Waals surface area contributed by atoms with Gasteiger partial charge in [0.05, 0.1) is 25.4 Å². The Morgan fingerprint density at radius 1 is 0.322 bits per heavy atom. The largest absolute Gasteiger partial charge is 0.466 e. The van der Waals surface area contributed by atoms with E-state index in [-0.39, 0.29) is 18.5 Å². The summed E-state index contributed by atoms with van der Waals surface area (Å²) in [5.41, 5.74) is 0. The van der Waals surface area contributed by atoms with E-state index in [0.29, 0.717) is 19.4 Å². The zero-order valence-corrected chi connectivity index (χ0v) is 58.8. The van der Waals surface area contributed by atoms with Crippen molar-refractivity contribution in [3.63, 3.8) is 0 Å². The molecule has 2 unspecified atom stereocenters. The number of hydrogen-bond donors (Lipinski definition) is 3. The van der Waals surface area contributed by atoms with E-state index in [0.717, 1.165) is 51.4 Å². The van der Waals surface area contributed by atoms with Gasteiger partial charge in [-0.1, -0.05) is 377 Å². The van der Waals surface area contributed by atoms with Crippen molar-refractivity contribution in [1.82, 2.24) is 5.32 Å². The van der Waals surface area contributed by atoms with Gasteiger partial charge in [-0.25, -0.2) is 0 Å². The number of unbranched alkanes of at least 4 members (excludes halogenated alkanes) is 57. The number of nitrogens with one attached hydrogen (secondary N) is 1. The summed E-state index contributed by atoms with van der Waals surface area (Å²) >= 11 is 0. The molecule has 0 heterocycles. The highest BCUT2D eigenvalue weighted by molar-refractivity contribution is 5.76. The van der Waals surface area contributed by atoms with E-state index in [9.17, 15) is 19.8 Å². The highest BCUT2D eigenvalue weighted by atomic mass is 16.5. The number of carbonyl (C=O) groups is 2. The summed E-state index contributed by atoms with van der Waals surface area (Å²) in [7, 11) is 0. The molecule has 0 aliphatic carbocycles. The van der Waals surface area contributed by atoms with E-state index < -0.39 is 12.1 Å². The Morgan fingerprint density at radius 3 is 0.897 bits per heavy atom. The molecule has 0 bridgehead atoms. The molecule has 0 saturated carbocycles. The van der Waals surface area contributed by atoms with Gasteiger partial charge in [0.25, 0.3) is 0 Å². The molecule has 6 heteroatoms. The SMILES string of the molecule is CCCCCC/C=C\C/C=C\CCCCCCCCCC(=O)OCCCCCCCCCCCCCC/C=C\CCCCCCCCCCCCCCC(=O)NC(CO)C(O)/C=C/CCCCCCCCCCCCCCCCCCCCCCCC. The lowest BCUT2D eigenvalue weighted by Gasteiger charge is -2.20. The fourth-order valence-electron chi connectivity index (χ4n) is 12.3. The van der Waals surface area contributed by atoms with Gasteiger partial charge < -0.3 is 20.3 Å². The molecule has 0 aliphatic heterocycles. The molecule has 0 radical (unpaired) electrons. The third-order valence-electron chi connectivity index (χ3n) is 18.3. The third-order valence-corrected chi connectivity index (χ3v) is 18.3. The number of carbonyl (C=O) groups excluding carboxylic acids is 2. The lowest BCUT2D eigenvalue weighted by molar-refractivity contribution is -0.143. The minimum atomic E-state index is -0.847. The van der Waals surface area contributed by atoms with E-state index in [4.69, 9.17) is 4.74 Å². The van der Waals surface area contributed by atoms with Crippen molar-refractivity contribution < 1.29 is 24.5 Å². The number of amides is 1. The molecule has 6 nitrogen and oxygen atoms in total. The molecule has 3 N–H and O–H groups in total. The van der Waals surface area contributed by atoms with Gasteiger partial charge in [-0.15, -0.1) is 0 Å². The van der Waals surface area contributed by atoms with Crippen LogP contribution >= 0.6 is 0 Å². The quantitative estimate of drug-likeness (QED) is 0.0320. The minimum Gasteiger partial charge on any atom is -0.466 e. The van der Waals surface area contributed by atoms with Crippen molar-refractivity contribution in [3.8, 4) is 0 Å². The molecule has 0 fully saturated rings. The highest BCUT2D eigenvalue weighted by Gasteiger charge is 2.18. The molecule has 0 spiro atoms. The van der Waals surface area contributed by atoms with Crippen LogP contribution in [0.2, 0.25) is 0 Å². The van der Waals surface area contributed by atoms with E-state index in [1.165, 1.54) is 353 Å². The Hall–Kier alpha value is -2.18. The maximum absolute atomic E-state index is 12.6. The van der Waals surface area contributed by atoms with Crippen molar-refractivity contribution >= 4 is 11.9 Å². The topological polar surface area (TPSA) is 95.9 Å². The van der Waals surface area contributed by atoms with E-state index in [1.807, 2.05) is 6.08 Å². The average molecular weight is 1220 g/mol. The van der Waals surface area contributed by atoms with Crippen LogP contribution in [0.1, 0.15) is 431 Å². The number of allylic oxidation sites excluding steroid dienone is 7. The molecule has 0 rings (SSSR count). The maximum atomic E-state index is 12.6. The average Bonchev–Trinajstić information content (AvgIpc) is 3.53. The Bertz CT molecular complexity index is 1450. The van der Waals surface area contributed by atoms with Gasteiger partial charge in [-0.2, -0.15) is 0 Å². The summed E-state index contributed by atoms with van der Waals surface area (Å²) in [6, 6.07) is -0.630. The smallest absolute Gasteiger partial charge is 0.305 e. The second-order valence-electron chi connectivity index (χ2n) is 27.0. The second kappa shape index (κ2) is 76.3. The summed E-state index contributed by atoms with van der Waals surface area (Å²) in [5.74, 6) is -0.0549. The number of rotatable bonds is 74. The van der Waals surface area contributed by atoms with Crippen LogP contribution in [-0.4, -0.2) is 47.4 Å². The van der Waals surface area contributed by atoms with Gasteiger partial charge in [-0.3, -0.25) is 9.59 Å². The van der Waals surface area contributed by atoms with E-state index in [2.05, 4.69) is 55.6 Å². The first-order chi connectivity index (χ1) is 43.0. The van der Waals surface area contributed by atoms with Gasteiger partial charge in [0.1, 0.15) is 0 Å². The van der Waals surface area contributed by atoms with Gasteiger partial charge >= 0.3 is 5.97 Å². The molecule has 2 atom stereocenters. The maximum Gasteiger partial charge on any atom is 0.305 e. The van der Waals surface area contributed by atoms with Crippen LogP contribution in [0.3, 0.4) is 0 Å². The number of aliphatic hydroxyl groups excluding tert-OH is 2. The van der Waals surface area contributed by atoms with Crippen LogP contribution in [0.4, 0.5) is 0 Å². The number of aliphatic hydroxyl groups is 2. The fraction of sp³-hybridized carbons (Fsp3) is 0.877. The van der Waals surface area contributed by atoms with Gasteiger partial charge in [0.15, 0.2) is 0 Å². The summed E-state index contributed by atoms with van der Waals surface area (Å²) < 4.78 is 5.51. The molecule has 87 heavy (non-hydrogen) atoms. The molecule has 512 valence electrons. The summed E-state index contributed by atoms with van der Waals surface area (Å²) in [6.07, 6.45) is 101. The lowest BCUT2D eigenvalue weighted by Crippen LogP contribution is -2.45. The molecule has 0 aromatic heterocycles. The lowest BCUT2D eigenvalue weighted by atomic mass is 10.0. The molecule has 0 aromatic rings. The van der Waals surface area contributed by atoms with Crippen molar-refractivity contribution in [2.24, 2.45) is 0 Å². The number of hydrogen-bond acceptors (Lipinski definition) is 5. The van der Waals surface area contributed by atoms with Crippen LogP contribution in [0.5, 0.6) is 0 Å². The van der Waals surface area contributed by atoms with Crippen molar-refractivity contribution in [3.05, 3.63) is 48.6 Å². The van der Waals surface area contributed by atoms with Crippen molar-refractivity contribution in [2.45, 2.75) is 443 Å². The zero-order valence-electron chi connectivity index (χ0n) is 58.8. The van der Waals surface area contributed by atoms with Crippen LogP contribution in [-0.2, 0) is 14.3 Å². The monoisotopic (exact) mass is 1220 g/mol. The molecule has 1 amide bonds. The van der Waals surface area contributed by atoms with Crippen molar-refractivity contribution in [2.75, 3.05) is 13.2 Å². The third kappa shape index (κ3) is 72.8. The Kier molecular flexibility index (Phi) is 74.4. The van der Waals surface area contributed by atoms with Crippen LogP contribution < -0.4 is 5.32 Å². The zero-order chi connectivity index (χ0) is 62.8. The van der Waals surface area contributed by atoms with Gasteiger partial charge in [0, 0.05) is 12.8 Å². The van der Waals surface area contributed by atoms with Gasteiger partial charge in [0.2, 0.25) is 5.91 Å². The van der Waals surface area contributed by atoms with E-state index in [1.54, 1.807) is 6.08 Å². The second-order valence-corrected chi connectivity index (χ2v) is 27.0. The highest BCUT2D eigenvalue weighted by Crippen LogP contribution is 2.19. The molecular weight excluding hydrogens is 1070 g/mol. The Balaban J connectivity index is 3.40. The Labute approximate surface area is 544 Å². The summed E-state index contributed by atoms with van der Waals surface area (Å²) in [5, 5.41) is 23.3. The van der Waals surface area contributed by atoms with Crippen molar-refractivity contribution in [1.29, 1.82) is 0 Å². The first-order valence-electron chi connectivity index (χ1n) is 39.4. The first-order valence-corrected chi connectivity index (χ1v) is 39.4. The standard InChI is InChI=1S/C81H153NO5/c1-3-5-7-9-11-13-15-17-19-21-23-24-25-32-35-38-41-45-49-53-57-61-65-69-73-79(84)78(77-83)82-80(85)74-70-66-62-58-54-50-46-42-39-36-33-30-28-26-27-29-31-34-37-40-44-48-52-56-60-64-68-72-76-87-81(86)75-71-67-63-59-55-51-47-43-22-20-18-16-14-12-10-8-6-4-2/h14,16,20,22,26-27,69,73,78-79,83-84H,3-13,15,17-19,21,23-25,28-68,70-72,74-77H2,1-2H3,(H,82,85)/b16-14-,22-20-,27-26-,73-69+. The predicted molar refractivity (Wildman–Crippen MR) is 384 cm³/mol. The fourth-order valence-corrected chi connectivity index (χ4v) is 12.3. The summed E-state index contributed by atoms with van der Waals surface area (Å²) in [6.45, 7) is 4.93. The van der Waals surface area contributed by atoms with Crippen LogP contribution in [0.25, 0.3) is 0 Å². The van der Waals surface area contributed by atoms with E-state index >= 15 is 0 Å². The summed E-state index contributed by atoms with van der Waals surface area (Å²) in [4.78, 5) is 24.7. The minimum absolute atomic E-state index is 0.00870. The number of ether oxygens (including phenoxy) is 1. The van der Waals surface area contributed by atoms with Crippen LogP contribution in [0.15, 0.2) is 48.6 Å². The molecule has 0 saturated heterocycles. The van der Waals surface area contributed by atoms with Gasteiger partial charge in [-0.05, 0) is 89.9 Å².